The van der Waals surface area contributed by atoms with Gasteiger partial charge in [0.25, 0.3) is 5.91 Å². The summed E-state index contributed by atoms with van der Waals surface area (Å²) in [6, 6.07) is 15.0. The largest absolute Gasteiger partial charge is 0.461 e. The number of rotatable bonds is 5. The number of aliphatic hydroxyl groups is 1. The summed E-state index contributed by atoms with van der Waals surface area (Å²) in [4.78, 5) is 45.6. The quantitative estimate of drug-likeness (QED) is 0.441. The average Bonchev–Trinajstić information content (AvgIpc) is 3.19. The molecule has 6 rings (SSSR count). The smallest absolute Gasteiger partial charge is 0.311 e. The number of carbonyl (C=O) groups excluding carboxylic acids is 3. The molecule has 2 aromatic rings. The summed E-state index contributed by atoms with van der Waals surface area (Å²) in [5.41, 5.74) is 1.60. The van der Waals surface area contributed by atoms with E-state index in [2.05, 4.69) is 0 Å². The predicted octanol–water partition coefficient (Wildman–Crippen LogP) is 3.65. The minimum Gasteiger partial charge on any atom is -0.461 e. The Morgan fingerprint density at radius 2 is 1.77 bits per heavy atom. The Labute approximate surface area is 236 Å². The van der Waals surface area contributed by atoms with E-state index in [-0.39, 0.29) is 25.0 Å². The molecule has 0 bridgehead atoms. The lowest BCUT2D eigenvalue weighted by Gasteiger charge is -2.39. The van der Waals surface area contributed by atoms with Crippen LogP contribution >= 0.6 is 23.4 Å². The van der Waals surface area contributed by atoms with Gasteiger partial charge >= 0.3 is 5.97 Å². The van der Waals surface area contributed by atoms with E-state index in [0.29, 0.717) is 23.7 Å². The van der Waals surface area contributed by atoms with Crippen molar-refractivity contribution in [3.63, 3.8) is 0 Å². The van der Waals surface area contributed by atoms with Crippen LogP contribution in [0.15, 0.2) is 78.9 Å². The van der Waals surface area contributed by atoms with Crippen LogP contribution in [0, 0.1) is 11.8 Å². The number of halogens is 1. The molecular formula is C30H29ClN2O5S. The van der Waals surface area contributed by atoms with Gasteiger partial charge in [0.15, 0.2) is 0 Å². The van der Waals surface area contributed by atoms with Crippen LogP contribution in [-0.4, -0.2) is 69.1 Å². The number of hydrogen-bond acceptors (Lipinski definition) is 6. The van der Waals surface area contributed by atoms with Crippen molar-refractivity contribution in [3.8, 4) is 0 Å². The van der Waals surface area contributed by atoms with Crippen LogP contribution in [0.3, 0.4) is 0 Å². The van der Waals surface area contributed by atoms with Gasteiger partial charge in [0.05, 0.1) is 29.2 Å². The van der Waals surface area contributed by atoms with E-state index in [4.69, 9.17) is 16.3 Å². The van der Waals surface area contributed by atoms with Gasteiger partial charge in [-0.3, -0.25) is 14.4 Å². The number of carbonyl (C=O) groups is 3. The summed E-state index contributed by atoms with van der Waals surface area (Å²) in [5, 5.41) is 11.2. The summed E-state index contributed by atoms with van der Waals surface area (Å²) in [6.07, 6.45) is 8.00. The lowest BCUT2D eigenvalue weighted by molar-refractivity contribution is -0.153. The summed E-state index contributed by atoms with van der Waals surface area (Å²) in [6.45, 7) is 2.08. The number of fused-ring (bicyclic) bond motifs is 2. The first-order valence-corrected chi connectivity index (χ1v) is 14.2. The molecule has 2 saturated heterocycles. The zero-order valence-electron chi connectivity index (χ0n) is 21.4. The molecule has 39 heavy (non-hydrogen) atoms. The number of anilines is 1. The number of amides is 2. The van der Waals surface area contributed by atoms with Crippen LogP contribution in [0.1, 0.15) is 12.5 Å². The predicted molar refractivity (Wildman–Crippen MR) is 150 cm³/mol. The fourth-order valence-corrected chi connectivity index (χ4v) is 8.94. The van der Waals surface area contributed by atoms with Crippen LogP contribution in [0.2, 0.25) is 5.02 Å². The number of ether oxygens (including phenoxy) is 1. The van der Waals surface area contributed by atoms with Crippen molar-refractivity contribution in [2.75, 3.05) is 24.7 Å². The third kappa shape index (κ3) is 4.12. The van der Waals surface area contributed by atoms with Crippen molar-refractivity contribution in [1.29, 1.82) is 0 Å². The monoisotopic (exact) mass is 564 g/mol. The van der Waals surface area contributed by atoms with Crippen LogP contribution in [-0.2, 0) is 25.5 Å². The number of thioether (sulfide) groups is 1. The van der Waals surface area contributed by atoms with Crippen LogP contribution in [0.4, 0.5) is 5.69 Å². The van der Waals surface area contributed by atoms with Crippen molar-refractivity contribution < 1.29 is 24.2 Å². The molecule has 1 spiro atoms. The first kappa shape index (κ1) is 26.2. The molecule has 0 aromatic heterocycles. The van der Waals surface area contributed by atoms with E-state index < -0.39 is 39.4 Å². The summed E-state index contributed by atoms with van der Waals surface area (Å²) in [5.74, 6) is -2.58. The zero-order valence-corrected chi connectivity index (χ0v) is 23.0. The summed E-state index contributed by atoms with van der Waals surface area (Å²) in [7, 11) is 0. The Balaban J connectivity index is 1.49. The Bertz CT molecular complexity index is 1370. The number of esters is 1. The molecule has 4 aliphatic heterocycles. The van der Waals surface area contributed by atoms with Gasteiger partial charge in [-0.2, -0.15) is 0 Å². The second kappa shape index (κ2) is 9.84. The average molecular weight is 565 g/mol. The lowest BCUT2D eigenvalue weighted by Crippen LogP contribution is -2.57. The molecule has 0 radical (unpaired) electrons. The van der Waals surface area contributed by atoms with Crippen LogP contribution < -0.4 is 4.90 Å². The van der Waals surface area contributed by atoms with E-state index in [1.165, 1.54) is 11.8 Å². The van der Waals surface area contributed by atoms with E-state index >= 15 is 0 Å². The fraction of sp³-hybridized carbons (Fsp3) is 0.367. The third-order valence-corrected chi connectivity index (χ3v) is 10.4. The molecule has 6 atom stereocenters. The number of cyclic esters (lactones) is 1. The van der Waals surface area contributed by atoms with E-state index in [1.54, 1.807) is 34.1 Å². The maximum absolute atomic E-state index is 14.6. The molecule has 0 aliphatic carbocycles. The van der Waals surface area contributed by atoms with Gasteiger partial charge in [0.2, 0.25) is 5.91 Å². The SMILES string of the molecule is C[C@]12C=CCOC(=O)[C@H]1[C@H]1C(=O)N([C@@H](CO)Cc3ccccc3)C3C(=O)N(c4ccc(Cl)cc4)CC=C[C@@]31S2. The molecule has 2 fully saturated rings. The van der Waals surface area contributed by atoms with Crippen LogP contribution in [0.5, 0.6) is 0 Å². The highest BCUT2D eigenvalue weighted by Crippen LogP contribution is 2.65. The summed E-state index contributed by atoms with van der Waals surface area (Å²) < 4.78 is 3.76. The fourth-order valence-electron chi connectivity index (χ4n) is 6.68. The molecule has 202 valence electrons. The highest BCUT2D eigenvalue weighted by molar-refractivity contribution is 8.02. The van der Waals surface area contributed by atoms with E-state index in [1.807, 2.05) is 61.6 Å². The first-order chi connectivity index (χ1) is 18.8. The van der Waals surface area contributed by atoms with Gasteiger partial charge in [-0.05, 0) is 49.2 Å². The van der Waals surface area contributed by atoms with E-state index in [9.17, 15) is 19.5 Å². The number of likely N-dealkylation sites (tertiary alicyclic amines) is 1. The number of hydrogen-bond donors (Lipinski definition) is 1. The Kier molecular flexibility index (Phi) is 6.60. The van der Waals surface area contributed by atoms with Gasteiger partial charge in [0.1, 0.15) is 12.6 Å². The standard InChI is InChI=1S/C30H29ClN2O5S/c1-29-13-6-16-38-28(37)24(29)23-26(35)33(22(18-34)17-19-7-3-2-4-8-19)25-27(36)32(15-5-14-30(23,25)39-29)21-11-9-20(31)10-12-21/h2-14,22-25,34H,15-18H2,1H3/t22-,23+,24-,25?,29+,30+/m1/s1. The topological polar surface area (TPSA) is 87.1 Å². The molecule has 2 amide bonds. The molecule has 1 N–H and O–H groups in total. The van der Waals surface area contributed by atoms with Crippen molar-refractivity contribution in [1.82, 2.24) is 4.90 Å². The maximum Gasteiger partial charge on any atom is 0.311 e. The number of nitrogens with zero attached hydrogens (tertiary/aromatic N) is 2. The van der Waals surface area contributed by atoms with E-state index in [0.717, 1.165) is 5.56 Å². The first-order valence-electron chi connectivity index (χ1n) is 13.1. The van der Waals surface area contributed by atoms with Gasteiger partial charge in [-0.1, -0.05) is 60.2 Å². The molecule has 9 heteroatoms. The number of aliphatic hydroxyl groups excluding tert-OH is 1. The maximum atomic E-state index is 14.6. The van der Waals surface area contributed by atoms with Gasteiger partial charge in [-0.25, -0.2) is 0 Å². The van der Waals surface area contributed by atoms with Gasteiger partial charge in [-0.15, -0.1) is 11.8 Å². The molecular weight excluding hydrogens is 536 g/mol. The second-order valence-electron chi connectivity index (χ2n) is 10.6. The zero-order chi connectivity index (χ0) is 27.4. The Morgan fingerprint density at radius 1 is 1.03 bits per heavy atom. The normalized spacial score (nSPS) is 32.3. The molecule has 4 heterocycles. The second-order valence-corrected chi connectivity index (χ2v) is 12.9. The highest BCUT2D eigenvalue weighted by Gasteiger charge is 2.74. The molecule has 1 unspecified atom stereocenters. The molecule has 4 aliphatic rings. The minimum absolute atomic E-state index is 0.152. The molecule has 7 nitrogen and oxygen atoms in total. The van der Waals surface area contributed by atoms with Crippen molar-refractivity contribution in [3.05, 3.63) is 89.5 Å². The molecule has 0 saturated carbocycles. The van der Waals surface area contributed by atoms with Crippen LogP contribution in [0.25, 0.3) is 0 Å². The summed E-state index contributed by atoms with van der Waals surface area (Å²) >= 11 is 7.61. The lowest BCUT2D eigenvalue weighted by atomic mass is 9.75. The van der Waals surface area contributed by atoms with Gasteiger partial charge in [0, 0.05) is 22.0 Å². The third-order valence-electron chi connectivity index (χ3n) is 8.31. The number of benzene rings is 2. The minimum atomic E-state index is -1.01. The van der Waals surface area contributed by atoms with Crippen molar-refractivity contribution in [2.24, 2.45) is 11.8 Å². The molecule has 2 aromatic carbocycles. The van der Waals surface area contributed by atoms with Gasteiger partial charge < -0.3 is 19.6 Å². The van der Waals surface area contributed by atoms with Crippen molar-refractivity contribution >= 4 is 46.8 Å². The Hall–Kier alpha value is -3.07. The van der Waals surface area contributed by atoms with Crippen molar-refractivity contribution in [2.45, 2.75) is 34.9 Å². The Morgan fingerprint density at radius 3 is 2.49 bits per heavy atom. The highest BCUT2D eigenvalue weighted by atomic mass is 35.5.